The molecule has 0 amide bonds. The van der Waals surface area contributed by atoms with Crippen LogP contribution in [0.25, 0.3) is 0 Å². The molecule has 23 heavy (non-hydrogen) atoms. The lowest BCUT2D eigenvalue weighted by Gasteiger charge is -2.27. The van der Waals surface area contributed by atoms with Crippen molar-refractivity contribution >= 4 is 15.9 Å². The van der Waals surface area contributed by atoms with Gasteiger partial charge in [-0.1, -0.05) is 0 Å². The first-order valence-electron chi connectivity index (χ1n) is 8.76. The van der Waals surface area contributed by atoms with Crippen LogP contribution in [-0.2, 0) is 19.3 Å². The van der Waals surface area contributed by atoms with E-state index in [1.54, 1.807) is 0 Å². The Morgan fingerprint density at radius 3 is 2.43 bits per heavy atom. The van der Waals surface area contributed by atoms with Gasteiger partial charge in [-0.25, -0.2) is 0 Å². The molecule has 4 rings (SSSR count). The number of piperazine rings is 1. The van der Waals surface area contributed by atoms with Gasteiger partial charge in [0.05, 0.1) is 4.47 Å². The fourth-order valence-electron chi connectivity index (χ4n) is 4.02. The fourth-order valence-corrected chi connectivity index (χ4v) is 4.69. The predicted octanol–water partition coefficient (Wildman–Crippen LogP) is 2.54. The average molecular weight is 381 g/mol. The lowest BCUT2D eigenvalue weighted by atomic mass is 9.95. The highest BCUT2D eigenvalue weighted by Gasteiger charge is 2.34. The molecular formula is C18H25BrN2O2. The van der Waals surface area contributed by atoms with Gasteiger partial charge in [0, 0.05) is 62.3 Å². The van der Waals surface area contributed by atoms with Gasteiger partial charge in [-0.15, -0.1) is 0 Å². The number of nitrogens with zero attached hydrogens (tertiary/aromatic N) is 1. The summed E-state index contributed by atoms with van der Waals surface area (Å²) in [5, 5.41) is 3.42. The minimum absolute atomic E-state index is 0.263. The Morgan fingerprint density at radius 1 is 1.04 bits per heavy atom. The zero-order valence-corrected chi connectivity index (χ0v) is 15.5. The minimum Gasteiger partial charge on any atom is -0.490 e. The summed E-state index contributed by atoms with van der Waals surface area (Å²) in [4.78, 5) is 2.55. The molecule has 0 radical (unpaired) electrons. The highest BCUT2D eigenvalue weighted by Crippen LogP contribution is 2.49. The Kier molecular flexibility index (Phi) is 4.28. The molecule has 0 spiro atoms. The van der Waals surface area contributed by atoms with Crippen LogP contribution in [0.5, 0.6) is 11.5 Å². The number of fused-ring (bicyclic) bond motifs is 2. The molecule has 126 valence electrons. The summed E-state index contributed by atoms with van der Waals surface area (Å²) in [6.07, 6.45) is 3.55. The summed E-state index contributed by atoms with van der Waals surface area (Å²) in [6, 6.07) is 0. The van der Waals surface area contributed by atoms with Crippen LogP contribution in [0.2, 0.25) is 0 Å². The van der Waals surface area contributed by atoms with E-state index in [-0.39, 0.29) is 12.2 Å². The maximum Gasteiger partial charge on any atom is 0.138 e. The van der Waals surface area contributed by atoms with Gasteiger partial charge in [0.2, 0.25) is 0 Å². The molecule has 4 nitrogen and oxygen atoms in total. The van der Waals surface area contributed by atoms with Crippen LogP contribution in [0.15, 0.2) is 4.47 Å². The van der Waals surface area contributed by atoms with Crippen LogP contribution in [0, 0.1) is 0 Å². The van der Waals surface area contributed by atoms with Crippen molar-refractivity contribution in [2.45, 2.75) is 45.3 Å². The summed E-state index contributed by atoms with van der Waals surface area (Å²) in [7, 11) is 0. The number of ether oxygens (including phenoxy) is 2. The molecular weight excluding hydrogens is 356 g/mol. The molecule has 2 atom stereocenters. The molecule has 3 heterocycles. The Labute approximate surface area is 146 Å². The Bertz CT molecular complexity index is 575. The van der Waals surface area contributed by atoms with Gasteiger partial charge in [-0.2, -0.15) is 0 Å². The number of halogens is 1. The summed E-state index contributed by atoms with van der Waals surface area (Å²) in [5.74, 6) is 2.21. The van der Waals surface area contributed by atoms with E-state index in [2.05, 4.69) is 40.0 Å². The maximum atomic E-state index is 6.20. The highest BCUT2D eigenvalue weighted by molar-refractivity contribution is 9.10. The first-order chi connectivity index (χ1) is 11.1. The smallest absolute Gasteiger partial charge is 0.138 e. The van der Waals surface area contributed by atoms with E-state index in [0.29, 0.717) is 0 Å². The number of nitrogens with one attached hydrogen (secondary N) is 1. The molecule has 0 bridgehead atoms. The van der Waals surface area contributed by atoms with E-state index >= 15 is 0 Å². The molecule has 3 aliphatic rings. The van der Waals surface area contributed by atoms with Crippen LogP contribution in [0.1, 0.15) is 30.5 Å². The number of hydrogen-bond donors (Lipinski definition) is 1. The highest BCUT2D eigenvalue weighted by atomic mass is 79.9. The Morgan fingerprint density at radius 2 is 1.70 bits per heavy atom. The predicted molar refractivity (Wildman–Crippen MR) is 94.7 cm³/mol. The van der Waals surface area contributed by atoms with Crippen molar-refractivity contribution in [2.24, 2.45) is 0 Å². The largest absolute Gasteiger partial charge is 0.490 e. The molecule has 0 saturated carbocycles. The molecule has 1 fully saturated rings. The molecule has 0 aromatic heterocycles. The molecule has 1 aromatic carbocycles. The van der Waals surface area contributed by atoms with Crippen molar-refractivity contribution in [1.29, 1.82) is 0 Å². The van der Waals surface area contributed by atoms with Crippen LogP contribution in [0.4, 0.5) is 0 Å². The van der Waals surface area contributed by atoms with Crippen molar-refractivity contribution in [2.75, 3.05) is 32.7 Å². The van der Waals surface area contributed by atoms with Crippen LogP contribution >= 0.6 is 15.9 Å². The summed E-state index contributed by atoms with van der Waals surface area (Å²) in [5.41, 5.74) is 4.07. The van der Waals surface area contributed by atoms with Gasteiger partial charge < -0.3 is 19.7 Å². The average Bonchev–Trinajstić information content (AvgIpc) is 3.11. The van der Waals surface area contributed by atoms with Crippen LogP contribution in [-0.4, -0.2) is 49.8 Å². The molecule has 0 aliphatic carbocycles. The third kappa shape index (κ3) is 2.87. The maximum absolute atomic E-state index is 6.20. The zero-order valence-electron chi connectivity index (χ0n) is 14.0. The van der Waals surface area contributed by atoms with Crippen LogP contribution < -0.4 is 14.8 Å². The summed E-state index contributed by atoms with van der Waals surface area (Å²) >= 11 is 3.78. The quantitative estimate of drug-likeness (QED) is 0.873. The Balaban J connectivity index is 1.65. The van der Waals surface area contributed by atoms with Gasteiger partial charge in [0.1, 0.15) is 23.7 Å². The van der Waals surface area contributed by atoms with Gasteiger partial charge >= 0.3 is 0 Å². The van der Waals surface area contributed by atoms with E-state index < -0.39 is 0 Å². The third-order valence-corrected chi connectivity index (χ3v) is 6.00. The lowest BCUT2D eigenvalue weighted by molar-refractivity contribution is 0.237. The molecule has 1 N–H and O–H groups in total. The molecule has 5 heteroatoms. The van der Waals surface area contributed by atoms with Crippen LogP contribution in [0.3, 0.4) is 0 Å². The monoisotopic (exact) mass is 380 g/mol. The van der Waals surface area contributed by atoms with Crippen molar-refractivity contribution in [3.05, 3.63) is 21.2 Å². The van der Waals surface area contributed by atoms with E-state index in [0.717, 1.165) is 68.0 Å². The summed E-state index contributed by atoms with van der Waals surface area (Å²) in [6.45, 7) is 9.90. The second kappa shape index (κ2) is 6.26. The standard InChI is InChI=1S/C18H25BrN2O2/c1-11-9-14-13(3-6-21-7-4-20-5-8-21)17-15(10-12(2)22-17)16(19)18(14)23-11/h11-12,20H,3-10H2,1-2H3. The SMILES string of the molecule is CC1Cc2c(CCN3CCNCC3)c3c(c(Br)c2O1)CC(C)O3. The first-order valence-corrected chi connectivity index (χ1v) is 9.55. The van der Waals surface area contributed by atoms with E-state index in [4.69, 9.17) is 9.47 Å². The van der Waals surface area contributed by atoms with Crippen molar-refractivity contribution in [3.63, 3.8) is 0 Å². The lowest BCUT2D eigenvalue weighted by Crippen LogP contribution is -2.44. The molecule has 1 aromatic rings. The molecule has 2 unspecified atom stereocenters. The van der Waals surface area contributed by atoms with E-state index in [1.807, 2.05) is 0 Å². The van der Waals surface area contributed by atoms with E-state index in [1.165, 1.54) is 16.7 Å². The van der Waals surface area contributed by atoms with Crippen molar-refractivity contribution in [3.8, 4) is 11.5 Å². The molecule has 3 aliphatic heterocycles. The number of rotatable bonds is 3. The topological polar surface area (TPSA) is 33.7 Å². The van der Waals surface area contributed by atoms with Gasteiger partial charge in [0.25, 0.3) is 0 Å². The second-order valence-electron chi connectivity index (χ2n) is 7.01. The second-order valence-corrected chi connectivity index (χ2v) is 7.81. The minimum atomic E-state index is 0.263. The normalized spacial score (nSPS) is 26.6. The number of benzene rings is 1. The first kappa shape index (κ1) is 15.7. The zero-order chi connectivity index (χ0) is 16.0. The summed E-state index contributed by atoms with van der Waals surface area (Å²) < 4.78 is 13.4. The Hall–Kier alpha value is -0.780. The van der Waals surface area contributed by atoms with Gasteiger partial charge in [0.15, 0.2) is 0 Å². The molecule has 1 saturated heterocycles. The number of hydrogen-bond acceptors (Lipinski definition) is 4. The van der Waals surface area contributed by atoms with Crippen molar-refractivity contribution in [1.82, 2.24) is 10.2 Å². The fraction of sp³-hybridized carbons (Fsp3) is 0.667. The van der Waals surface area contributed by atoms with E-state index in [9.17, 15) is 0 Å². The van der Waals surface area contributed by atoms with Gasteiger partial charge in [-0.3, -0.25) is 0 Å². The van der Waals surface area contributed by atoms with Crippen molar-refractivity contribution < 1.29 is 9.47 Å². The van der Waals surface area contributed by atoms with Gasteiger partial charge in [-0.05, 0) is 36.2 Å². The third-order valence-electron chi connectivity index (χ3n) is 5.16.